The van der Waals surface area contributed by atoms with E-state index in [1.165, 1.54) is 11.1 Å². The fraction of sp³-hybridized carbons (Fsp3) is 0.533. The van der Waals surface area contributed by atoms with Crippen LogP contribution in [0, 0.1) is 13.8 Å². The Bertz CT molecular complexity index is 574. The Labute approximate surface area is 120 Å². The van der Waals surface area contributed by atoms with Crippen molar-refractivity contribution in [2.24, 2.45) is 0 Å². The second-order valence-electron chi connectivity index (χ2n) is 4.99. The molecule has 20 heavy (non-hydrogen) atoms. The maximum absolute atomic E-state index is 4.44. The van der Waals surface area contributed by atoms with Crippen molar-refractivity contribution in [3.63, 3.8) is 0 Å². The number of hydrogen-bond acceptors (Lipinski definition) is 4. The van der Waals surface area contributed by atoms with Crippen LogP contribution in [0.1, 0.15) is 42.9 Å². The molecule has 0 saturated carbocycles. The van der Waals surface area contributed by atoms with Gasteiger partial charge in [-0.25, -0.2) is 4.98 Å². The summed E-state index contributed by atoms with van der Waals surface area (Å²) in [7, 11) is 0. The first-order chi connectivity index (χ1) is 9.67. The molecule has 1 N–H and O–H groups in total. The van der Waals surface area contributed by atoms with Crippen molar-refractivity contribution in [2.75, 3.05) is 11.9 Å². The summed E-state index contributed by atoms with van der Waals surface area (Å²) in [6, 6.07) is 0. The van der Waals surface area contributed by atoms with Crippen molar-refractivity contribution in [2.45, 2.75) is 47.1 Å². The molecule has 2 rings (SSSR count). The van der Waals surface area contributed by atoms with Gasteiger partial charge in [0.1, 0.15) is 5.82 Å². The molecule has 0 aliphatic heterocycles. The van der Waals surface area contributed by atoms with Gasteiger partial charge in [0, 0.05) is 25.5 Å². The summed E-state index contributed by atoms with van der Waals surface area (Å²) < 4.78 is 2.19. The molecular formula is C15H23N5. The van der Waals surface area contributed by atoms with Crippen molar-refractivity contribution >= 4 is 5.82 Å². The predicted molar refractivity (Wildman–Crippen MR) is 81.0 cm³/mol. The van der Waals surface area contributed by atoms with Crippen LogP contribution in [0.15, 0.2) is 12.4 Å². The molecule has 0 amide bonds. The summed E-state index contributed by atoms with van der Waals surface area (Å²) in [5, 5.41) is 11.9. The van der Waals surface area contributed by atoms with Gasteiger partial charge in [0.05, 0.1) is 12.1 Å². The Morgan fingerprint density at radius 2 is 1.95 bits per heavy atom. The normalized spacial score (nSPS) is 10.8. The molecule has 0 aliphatic carbocycles. The van der Waals surface area contributed by atoms with Crippen LogP contribution < -0.4 is 5.32 Å². The lowest BCUT2D eigenvalue weighted by Gasteiger charge is -2.12. The van der Waals surface area contributed by atoms with Crippen molar-refractivity contribution < 1.29 is 0 Å². The largest absolute Gasteiger partial charge is 0.369 e. The zero-order chi connectivity index (χ0) is 14.5. The van der Waals surface area contributed by atoms with Gasteiger partial charge in [0.2, 0.25) is 0 Å². The van der Waals surface area contributed by atoms with Crippen LogP contribution >= 0.6 is 0 Å². The third kappa shape index (κ3) is 2.98. The Morgan fingerprint density at radius 3 is 2.65 bits per heavy atom. The molecule has 2 aromatic heterocycles. The molecule has 5 heteroatoms. The first-order valence-corrected chi connectivity index (χ1v) is 7.24. The second kappa shape index (κ2) is 6.50. The van der Waals surface area contributed by atoms with Gasteiger partial charge in [-0.3, -0.25) is 0 Å². The Morgan fingerprint density at radius 1 is 1.15 bits per heavy atom. The average molecular weight is 273 g/mol. The molecule has 0 aromatic carbocycles. The number of nitrogens with zero attached hydrogens (tertiary/aromatic N) is 4. The number of rotatable bonds is 6. The lowest BCUT2D eigenvalue weighted by Crippen LogP contribution is -2.10. The maximum atomic E-state index is 4.44. The van der Waals surface area contributed by atoms with E-state index in [0.29, 0.717) is 0 Å². The third-order valence-electron chi connectivity index (χ3n) is 3.56. The fourth-order valence-electron chi connectivity index (χ4n) is 2.26. The molecule has 5 nitrogen and oxygen atoms in total. The Balaban J connectivity index is 2.25. The first kappa shape index (κ1) is 14.5. The molecular weight excluding hydrogens is 250 g/mol. The van der Waals surface area contributed by atoms with Crippen LogP contribution in [0.4, 0.5) is 5.82 Å². The minimum Gasteiger partial charge on any atom is -0.369 e. The summed E-state index contributed by atoms with van der Waals surface area (Å²) in [5.41, 5.74) is 3.38. The van der Waals surface area contributed by atoms with Crippen LogP contribution in [0.5, 0.6) is 0 Å². The molecule has 0 unspecified atom stereocenters. The van der Waals surface area contributed by atoms with E-state index in [0.717, 1.165) is 43.3 Å². The van der Waals surface area contributed by atoms with Crippen LogP contribution in [-0.4, -0.2) is 26.3 Å². The van der Waals surface area contributed by atoms with Gasteiger partial charge in [-0.15, -0.1) is 5.10 Å². The van der Waals surface area contributed by atoms with Gasteiger partial charge < -0.3 is 9.88 Å². The summed E-state index contributed by atoms with van der Waals surface area (Å²) in [5.74, 6) is 1.94. The number of nitrogens with one attached hydrogen (secondary N) is 1. The second-order valence-corrected chi connectivity index (χ2v) is 4.99. The first-order valence-electron chi connectivity index (χ1n) is 7.24. The highest BCUT2D eigenvalue weighted by molar-refractivity contribution is 5.47. The van der Waals surface area contributed by atoms with E-state index >= 15 is 0 Å². The molecule has 2 aromatic rings. The monoisotopic (exact) mass is 273 g/mol. The van der Waals surface area contributed by atoms with E-state index in [2.05, 4.69) is 52.8 Å². The van der Waals surface area contributed by atoms with E-state index in [-0.39, 0.29) is 0 Å². The smallest absolute Gasteiger partial charge is 0.151 e. The van der Waals surface area contributed by atoms with Crippen LogP contribution in [0.2, 0.25) is 0 Å². The lowest BCUT2D eigenvalue weighted by atomic mass is 10.1. The fourth-order valence-corrected chi connectivity index (χ4v) is 2.26. The predicted octanol–water partition coefficient (Wildman–Crippen LogP) is 2.72. The van der Waals surface area contributed by atoms with Crippen molar-refractivity contribution in [1.29, 1.82) is 0 Å². The molecule has 0 spiro atoms. The molecule has 0 bridgehead atoms. The van der Waals surface area contributed by atoms with Gasteiger partial charge >= 0.3 is 0 Å². The van der Waals surface area contributed by atoms with Crippen molar-refractivity contribution in [3.8, 4) is 0 Å². The van der Waals surface area contributed by atoms with Crippen LogP contribution in [0.3, 0.4) is 0 Å². The minimum absolute atomic E-state index is 0.735. The Hall–Kier alpha value is -1.91. The van der Waals surface area contributed by atoms with Gasteiger partial charge in [0.25, 0.3) is 0 Å². The number of aromatic nitrogens is 4. The molecule has 0 aliphatic rings. The van der Waals surface area contributed by atoms with E-state index < -0.39 is 0 Å². The number of anilines is 1. The molecule has 0 radical (unpaired) electrons. The van der Waals surface area contributed by atoms with Gasteiger partial charge in [-0.2, -0.15) is 5.10 Å². The number of imidazole rings is 1. The van der Waals surface area contributed by atoms with Crippen LogP contribution in [-0.2, 0) is 13.0 Å². The van der Waals surface area contributed by atoms with Crippen molar-refractivity contribution in [1.82, 2.24) is 19.7 Å². The highest BCUT2D eigenvalue weighted by Crippen LogP contribution is 2.19. The molecule has 2 heterocycles. The van der Waals surface area contributed by atoms with Gasteiger partial charge in [0.15, 0.2) is 5.82 Å². The minimum atomic E-state index is 0.735. The molecule has 0 fully saturated rings. The maximum Gasteiger partial charge on any atom is 0.151 e. The highest BCUT2D eigenvalue weighted by Gasteiger charge is 2.12. The van der Waals surface area contributed by atoms with Gasteiger partial charge in [-0.05, 0) is 38.3 Å². The molecule has 0 atom stereocenters. The zero-order valence-corrected chi connectivity index (χ0v) is 12.8. The van der Waals surface area contributed by atoms with Crippen molar-refractivity contribution in [3.05, 3.63) is 35.0 Å². The van der Waals surface area contributed by atoms with E-state index in [1.54, 1.807) is 0 Å². The van der Waals surface area contributed by atoms with Crippen LogP contribution in [0.25, 0.3) is 0 Å². The van der Waals surface area contributed by atoms with Gasteiger partial charge in [-0.1, -0.05) is 6.92 Å². The summed E-state index contributed by atoms with van der Waals surface area (Å²) in [6.45, 7) is 10.3. The van der Waals surface area contributed by atoms with E-state index in [9.17, 15) is 0 Å². The quantitative estimate of drug-likeness (QED) is 0.879. The number of hydrogen-bond donors (Lipinski definition) is 1. The lowest BCUT2D eigenvalue weighted by molar-refractivity contribution is 0.642. The topological polar surface area (TPSA) is 55.6 Å². The SMILES string of the molecule is CCCn1ccnc1Cc1nnc(NCC)c(C)c1C. The summed E-state index contributed by atoms with van der Waals surface area (Å²) in [6.07, 6.45) is 5.72. The Kier molecular flexibility index (Phi) is 4.71. The third-order valence-corrected chi connectivity index (χ3v) is 3.56. The van der Waals surface area contributed by atoms with E-state index in [4.69, 9.17) is 0 Å². The zero-order valence-electron chi connectivity index (χ0n) is 12.8. The summed E-state index contributed by atoms with van der Waals surface area (Å²) >= 11 is 0. The standard InChI is InChI=1S/C15H23N5/c1-5-8-20-9-7-17-14(20)10-13-11(3)12(4)15(16-6-2)19-18-13/h7,9H,5-6,8,10H2,1-4H3,(H,16,19). The number of aryl methyl sites for hydroxylation is 1. The highest BCUT2D eigenvalue weighted by atomic mass is 15.2. The summed E-state index contributed by atoms with van der Waals surface area (Å²) in [4.78, 5) is 4.44. The molecule has 108 valence electrons. The average Bonchev–Trinajstić information content (AvgIpc) is 2.86. The molecule has 0 saturated heterocycles. The van der Waals surface area contributed by atoms with E-state index in [1.807, 2.05) is 12.4 Å².